The van der Waals surface area contributed by atoms with Crippen LogP contribution in [-0.2, 0) is 33.8 Å². The number of piperazine rings is 1. The second-order valence-electron chi connectivity index (χ2n) is 10.3. The lowest BCUT2D eigenvalue weighted by atomic mass is 9.92. The maximum atomic E-state index is 13.6. The molecule has 1 fully saturated rings. The quantitative estimate of drug-likeness (QED) is 0.646. The zero-order valence-electron chi connectivity index (χ0n) is 21.7. The van der Waals surface area contributed by atoms with Crippen LogP contribution in [0.4, 0.5) is 5.69 Å². The summed E-state index contributed by atoms with van der Waals surface area (Å²) in [6.07, 6.45) is 1.86. The summed E-state index contributed by atoms with van der Waals surface area (Å²) in [7, 11) is 0. The van der Waals surface area contributed by atoms with E-state index in [2.05, 4.69) is 29.3 Å². The van der Waals surface area contributed by atoms with E-state index in [1.165, 1.54) is 0 Å². The van der Waals surface area contributed by atoms with Crippen molar-refractivity contribution in [3.63, 3.8) is 0 Å². The molecule has 1 atom stereocenters. The van der Waals surface area contributed by atoms with E-state index < -0.39 is 6.04 Å². The molecule has 2 aromatic carbocycles. The highest BCUT2D eigenvalue weighted by molar-refractivity contribution is 5.93. The molecule has 0 saturated carbocycles. The third-order valence-corrected chi connectivity index (χ3v) is 7.16. The Morgan fingerprint density at radius 1 is 0.944 bits per heavy atom. The normalized spacial score (nSPS) is 18.2. The van der Waals surface area contributed by atoms with Gasteiger partial charge in [0.05, 0.1) is 6.54 Å². The lowest BCUT2D eigenvalue weighted by Gasteiger charge is -2.41. The van der Waals surface area contributed by atoms with Gasteiger partial charge in [0.25, 0.3) is 0 Å². The Bertz CT molecular complexity index is 1090. The number of hydrogen-bond acceptors (Lipinski definition) is 4. The summed E-state index contributed by atoms with van der Waals surface area (Å²) >= 11 is 0. The van der Waals surface area contributed by atoms with Gasteiger partial charge < -0.3 is 15.1 Å². The maximum absolute atomic E-state index is 13.6. The van der Waals surface area contributed by atoms with Gasteiger partial charge in [0, 0.05) is 51.3 Å². The number of amides is 3. The Morgan fingerprint density at radius 2 is 1.61 bits per heavy atom. The first kappa shape index (κ1) is 25.9. The van der Waals surface area contributed by atoms with Gasteiger partial charge in [-0.1, -0.05) is 63.2 Å². The number of carbonyl (C=O) groups excluding carboxylic acids is 3. The molecule has 1 saturated heterocycles. The fraction of sp³-hybridized carbons (Fsp3) is 0.483. The molecule has 1 N–H and O–H groups in total. The molecule has 2 heterocycles. The van der Waals surface area contributed by atoms with Crippen molar-refractivity contribution in [2.75, 3.05) is 38.0 Å². The Kier molecular flexibility index (Phi) is 8.41. The lowest BCUT2D eigenvalue weighted by Crippen LogP contribution is -2.58. The first-order valence-corrected chi connectivity index (χ1v) is 13.1. The van der Waals surface area contributed by atoms with E-state index in [1.54, 1.807) is 4.90 Å². The zero-order chi connectivity index (χ0) is 25.7. The van der Waals surface area contributed by atoms with Crippen LogP contribution in [0.1, 0.15) is 43.9 Å². The first-order valence-electron chi connectivity index (χ1n) is 13.1. The van der Waals surface area contributed by atoms with Gasteiger partial charge in [0.2, 0.25) is 17.7 Å². The zero-order valence-corrected chi connectivity index (χ0v) is 21.7. The number of carbonyl (C=O) groups is 3. The monoisotopic (exact) mass is 490 g/mol. The number of benzene rings is 2. The van der Waals surface area contributed by atoms with Crippen LogP contribution in [0.5, 0.6) is 0 Å². The van der Waals surface area contributed by atoms with E-state index in [1.807, 2.05) is 55.1 Å². The Balaban J connectivity index is 1.36. The molecule has 36 heavy (non-hydrogen) atoms. The molecule has 7 nitrogen and oxygen atoms in total. The van der Waals surface area contributed by atoms with Crippen LogP contribution < -0.4 is 5.32 Å². The van der Waals surface area contributed by atoms with Crippen LogP contribution >= 0.6 is 0 Å². The van der Waals surface area contributed by atoms with Crippen molar-refractivity contribution < 1.29 is 14.4 Å². The van der Waals surface area contributed by atoms with Gasteiger partial charge in [0.1, 0.15) is 6.04 Å². The fourth-order valence-corrected chi connectivity index (χ4v) is 5.15. The molecular weight excluding hydrogens is 452 g/mol. The van der Waals surface area contributed by atoms with Crippen LogP contribution in [-0.4, -0.2) is 71.2 Å². The number of aryl methyl sites for hydroxylation is 1. The van der Waals surface area contributed by atoms with Gasteiger partial charge in [-0.25, -0.2) is 0 Å². The predicted molar refractivity (Wildman–Crippen MR) is 141 cm³/mol. The van der Waals surface area contributed by atoms with E-state index in [0.29, 0.717) is 52.1 Å². The number of nitrogens with zero attached hydrogens (tertiary/aromatic N) is 3. The SMILES string of the molecule is CCc1ccccc1NC(=O)CN1CCN(C(=O)C2Cc3ccccc3CN2C(=O)CC(C)C)CC1. The molecule has 0 aromatic heterocycles. The number of hydrogen-bond donors (Lipinski definition) is 1. The topological polar surface area (TPSA) is 73.0 Å². The minimum Gasteiger partial charge on any atom is -0.338 e. The van der Waals surface area contributed by atoms with Crippen LogP contribution in [0, 0.1) is 5.92 Å². The van der Waals surface area contributed by atoms with Crippen molar-refractivity contribution in [2.24, 2.45) is 5.92 Å². The van der Waals surface area contributed by atoms with Crippen LogP contribution in [0.15, 0.2) is 48.5 Å². The predicted octanol–water partition coefficient (Wildman–Crippen LogP) is 3.33. The van der Waals surface area contributed by atoms with Gasteiger partial charge in [-0.3, -0.25) is 19.3 Å². The third kappa shape index (κ3) is 6.13. The van der Waals surface area contributed by atoms with Crippen molar-refractivity contribution in [2.45, 2.75) is 52.6 Å². The van der Waals surface area contributed by atoms with Crippen LogP contribution in [0.2, 0.25) is 0 Å². The summed E-state index contributed by atoms with van der Waals surface area (Å²) in [5.41, 5.74) is 4.25. The molecule has 0 aliphatic carbocycles. The largest absolute Gasteiger partial charge is 0.338 e. The molecule has 7 heteroatoms. The minimum atomic E-state index is -0.466. The van der Waals surface area contributed by atoms with Crippen LogP contribution in [0.3, 0.4) is 0 Å². The maximum Gasteiger partial charge on any atom is 0.245 e. The number of rotatable bonds is 7. The molecule has 1 unspecified atom stereocenters. The summed E-state index contributed by atoms with van der Waals surface area (Å²) in [6, 6.07) is 15.5. The van der Waals surface area contributed by atoms with Crippen molar-refractivity contribution in [1.29, 1.82) is 0 Å². The molecule has 192 valence electrons. The molecule has 0 radical (unpaired) electrons. The van der Waals surface area contributed by atoms with Crippen molar-refractivity contribution in [3.05, 3.63) is 65.2 Å². The van der Waals surface area contributed by atoms with Crippen molar-refractivity contribution in [1.82, 2.24) is 14.7 Å². The standard InChI is InChI=1S/C29H38N4O3/c1-4-22-9-7-8-12-25(22)30-27(34)20-31-13-15-32(16-14-31)29(36)26-18-23-10-5-6-11-24(23)19-33(26)28(35)17-21(2)3/h5-12,21,26H,4,13-20H2,1-3H3,(H,30,34). The molecule has 2 aliphatic rings. The van der Waals surface area contributed by atoms with Crippen molar-refractivity contribution in [3.8, 4) is 0 Å². The second-order valence-corrected chi connectivity index (χ2v) is 10.3. The van der Waals surface area contributed by atoms with Gasteiger partial charge in [-0.15, -0.1) is 0 Å². The highest BCUT2D eigenvalue weighted by atomic mass is 16.2. The molecule has 2 aromatic rings. The highest BCUT2D eigenvalue weighted by Gasteiger charge is 2.37. The third-order valence-electron chi connectivity index (χ3n) is 7.16. The van der Waals surface area contributed by atoms with Crippen LogP contribution in [0.25, 0.3) is 0 Å². The van der Waals surface area contributed by atoms with Gasteiger partial charge in [-0.2, -0.15) is 0 Å². The fourth-order valence-electron chi connectivity index (χ4n) is 5.15. The molecule has 2 aliphatic heterocycles. The Labute approximate surface area is 214 Å². The lowest BCUT2D eigenvalue weighted by molar-refractivity contribution is -0.148. The number of anilines is 1. The Hall–Kier alpha value is -3.19. The second kappa shape index (κ2) is 11.7. The average Bonchev–Trinajstić information content (AvgIpc) is 2.87. The van der Waals surface area contributed by atoms with E-state index in [4.69, 9.17) is 0 Å². The summed E-state index contributed by atoms with van der Waals surface area (Å²) < 4.78 is 0. The molecule has 0 spiro atoms. The Morgan fingerprint density at radius 3 is 2.31 bits per heavy atom. The highest BCUT2D eigenvalue weighted by Crippen LogP contribution is 2.26. The van der Waals surface area contributed by atoms with Gasteiger partial charge in [0.15, 0.2) is 0 Å². The summed E-state index contributed by atoms with van der Waals surface area (Å²) in [5, 5.41) is 3.03. The first-order chi connectivity index (χ1) is 17.4. The van der Waals surface area contributed by atoms with E-state index >= 15 is 0 Å². The van der Waals surface area contributed by atoms with Gasteiger partial charge in [-0.05, 0) is 35.1 Å². The number of fused-ring (bicyclic) bond motifs is 1. The minimum absolute atomic E-state index is 0.0163. The molecule has 0 bridgehead atoms. The summed E-state index contributed by atoms with van der Waals surface area (Å²) in [4.78, 5) is 45.1. The smallest absolute Gasteiger partial charge is 0.245 e. The summed E-state index contributed by atoms with van der Waals surface area (Å²) in [6.45, 7) is 9.31. The van der Waals surface area contributed by atoms with Crippen molar-refractivity contribution >= 4 is 23.4 Å². The average molecular weight is 491 g/mol. The molecule has 3 amide bonds. The van der Waals surface area contributed by atoms with E-state index in [-0.39, 0.29) is 23.6 Å². The van der Waals surface area contributed by atoms with E-state index in [0.717, 1.165) is 28.8 Å². The summed E-state index contributed by atoms with van der Waals surface area (Å²) in [5.74, 6) is 0.262. The number of para-hydroxylation sites is 1. The van der Waals surface area contributed by atoms with E-state index in [9.17, 15) is 14.4 Å². The van der Waals surface area contributed by atoms with Gasteiger partial charge >= 0.3 is 0 Å². The molecular formula is C29H38N4O3. The number of nitrogens with one attached hydrogen (secondary N) is 1. The molecule has 4 rings (SSSR count).